The van der Waals surface area contributed by atoms with Crippen LogP contribution < -0.4 is 0 Å². The molecule has 12 heteroatoms. The predicted molar refractivity (Wildman–Crippen MR) is 106 cm³/mol. The van der Waals surface area contributed by atoms with E-state index < -0.39 is 27.5 Å². The molecule has 0 spiro atoms. The van der Waals surface area contributed by atoms with E-state index in [-0.39, 0.29) is 22.0 Å². The van der Waals surface area contributed by atoms with E-state index in [1.807, 2.05) is 0 Å². The van der Waals surface area contributed by atoms with Crippen molar-refractivity contribution in [1.29, 1.82) is 0 Å². The third-order valence-electron chi connectivity index (χ3n) is 4.34. The molecule has 1 aromatic carbocycles. The van der Waals surface area contributed by atoms with Crippen molar-refractivity contribution >= 4 is 21.2 Å². The van der Waals surface area contributed by atoms with E-state index in [0.717, 1.165) is 17.1 Å². The van der Waals surface area contributed by atoms with Crippen LogP contribution in [0, 0.1) is 5.82 Å². The van der Waals surface area contributed by atoms with Crippen LogP contribution in [-0.4, -0.2) is 34.4 Å². The van der Waals surface area contributed by atoms with Gasteiger partial charge in [0.1, 0.15) is 5.82 Å². The minimum atomic E-state index is -4.77. The van der Waals surface area contributed by atoms with Crippen molar-refractivity contribution < 1.29 is 26.0 Å². The van der Waals surface area contributed by atoms with Gasteiger partial charge in [-0.3, -0.25) is 0 Å². The summed E-state index contributed by atoms with van der Waals surface area (Å²) in [7, 11) is -3.55. The van der Waals surface area contributed by atoms with Crippen molar-refractivity contribution in [3.05, 3.63) is 65.0 Å². The lowest BCUT2D eigenvalue weighted by Gasteiger charge is -2.09. The zero-order chi connectivity index (χ0) is 22.4. The maximum absolute atomic E-state index is 14.9. The van der Waals surface area contributed by atoms with E-state index in [1.165, 1.54) is 41.7 Å². The molecular weight excluding hydrogens is 456 g/mol. The van der Waals surface area contributed by atoms with Gasteiger partial charge < -0.3 is 0 Å². The van der Waals surface area contributed by atoms with E-state index >= 15 is 0 Å². The molecule has 31 heavy (non-hydrogen) atoms. The molecule has 3 aromatic heterocycles. The number of thiazole rings is 1. The summed E-state index contributed by atoms with van der Waals surface area (Å²) in [6.07, 6.45) is -2.79. The molecule has 0 bridgehead atoms. The van der Waals surface area contributed by atoms with Gasteiger partial charge in [-0.2, -0.15) is 18.3 Å². The van der Waals surface area contributed by atoms with Crippen molar-refractivity contribution in [2.45, 2.75) is 11.1 Å². The minimum Gasteiger partial charge on any atom is -0.245 e. The number of alkyl halides is 3. The lowest BCUT2D eigenvalue weighted by Crippen LogP contribution is -2.08. The Bertz CT molecular complexity index is 1350. The maximum atomic E-state index is 14.9. The van der Waals surface area contributed by atoms with Crippen molar-refractivity contribution in [2.75, 3.05) is 6.26 Å². The number of sulfone groups is 1. The van der Waals surface area contributed by atoms with Crippen molar-refractivity contribution in [1.82, 2.24) is 19.7 Å². The molecule has 4 rings (SSSR count). The van der Waals surface area contributed by atoms with Gasteiger partial charge in [-0.1, -0.05) is 6.07 Å². The summed E-state index contributed by atoms with van der Waals surface area (Å²) < 4.78 is 78.9. The minimum absolute atomic E-state index is 0.0964. The second kappa shape index (κ2) is 7.54. The molecule has 0 radical (unpaired) electrons. The van der Waals surface area contributed by atoms with Gasteiger partial charge in [0.05, 0.1) is 21.8 Å². The number of hydrogen-bond acceptors (Lipinski definition) is 6. The average molecular weight is 468 g/mol. The van der Waals surface area contributed by atoms with Crippen LogP contribution in [0.4, 0.5) is 17.6 Å². The zero-order valence-corrected chi connectivity index (χ0v) is 17.3. The molecule has 0 aliphatic heterocycles. The molecule has 160 valence electrons. The molecule has 0 atom stereocenters. The van der Waals surface area contributed by atoms with E-state index in [4.69, 9.17) is 0 Å². The third kappa shape index (κ3) is 4.21. The molecule has 0 aliphatic rings. The Hall–Kier alpha value is -3.12. The summed E-state index contributed by atoms with van der Waals surface area (Å²) in [6, 6.07) is 7.16. The van der Waals surface area contributed by atoms with Crippen LogP contribution in [0.3, 0.4) is 0 Å². The highest BCUT2D eigenvalue weighted by Gasteiger charge is 2.36. The second-order valence-electron chi connectivity index (χ2n) is 6.52. The predicted octanol–water partition coefficient (Wildman–Crippen LogP) is 4.62. The zero-order valence-electron chi connectivity index (χ0n) is 15.6. The molecule has 0 saturated carbocycles. The first kappa shape index (κ1) is 21.1. The quantitative estimate of drug-likeness (QED) is 0.409. The number of aromatic nitrogens is 4. The van der Waals surface area contributed by atoms with Crippen molar-refractivity contribution in [3.63, 3.8) is 0 Å². The summed E-state index contributed by atoms with van der Waals surface area (Å²) in [5.41, 5.74) is 1.04. The maximum Gasteiger partial charge on any atom is 0.435 e. The lowest BCUT2D eigenvalue weighted by molar-refractivity contribution is -0.141. The van der Waals surface area contributed by atoms with Crippen molar-refractivity contribution in [2.24, 2.45) is 0 Å². The molecule has 3 heterocycles. The fourth-order valence-electron chi connectivity index (χ4n) is 2.84. The molecule has 0 saturated heterocycles. The first-order valence-electron chi connectivity index (χ1n) is 8.56. The number of nitrogens with zero attached hydrogens (tertiary/aromatic N) is 4. The largest absolute Gasteiger partial charge is 0.435 e. The van der Waals surface area contributed by atoms with Crippen LogP contribution in [0.1, 0.15) is 5.69 Å². The molecule has 0 fully saturated rings. The smallest absolute Gasteiger partial charge is 0.245 e. The highest BCUT2D eigenvalue weighted by molar-refractivity contribution is 7.90. The first-order chi connectivity index (χ1) is 14.5. The Balaban J connectivity index is 1.85. The standard InChI is InChI=1S/C19H12F4N4O2S2/c1-31(28,29)12-3-5-18(24-8-12)27-16(7-17(26-27)19(21,22)23)13-4-2-11(6-14(13)20)15-9-30-10-25-15/h2-10H,1H3. The van der Waals surface area contributed by atoms with Crippen LogP contribution in [0.25, 0.3) is 28.3 Å². The number of benzene rings is 1. The number of rotatable bonds is 4. The molecule has 0 aliphatic carbocycles. The summed E-state index contributed by atoms with van der Waals surface area (Å²) in [4.78, 5) is 7.88. The highest BCUT2D eigenvalue weighted by atomic mass is 32.2. The molecule has 0 amide bonds. The van der Waals surface area contributed by atoms with Crippen molar-refractivity contribution in [3.8, 4) is 28.3 Å². The Kier molecular flexibility index (Phi) is 5.13. The van der Waals surface area contributed by atoms with Gasteiger partial charge in [0.25, 0.3) is 0 Å². The highest BCUT2D eigenvalue weighted by Crippen LogP contribution is 2.35. The van der Waals surface area contributed by atoms with E-state index in [0.29, 0.717) is 17.3 Å². The Morgan fingerprint density at radius 1 is 1.06 bits per heavy atom. The normalized spacial score (nSPS) is 12.3. The van der Waals surface area contributed by atoms with Crippen LogP contribution in [0.5, 0.6) is 0 Å². The fraction of sp³-hybridized carbons (Fsp3) is 0.105. The SMILES string of the molecule is CS(=O)(=O)c1ccc(-n2nc(C(F)(F)F)cc2-c2ccc(-c3cscn3)cc2F)nc1. The first-order valence-corrected chi connectivity index (χ1v) is 11.4. The molecule has 0 N–H and O–H groups in total. The molecular formula is C19H12F4N4O2S2. The van der Waals surface area contributed by atoms with Gasteiger partial charge in [-0.05, 0) is 30.3 Å². The van der Waals surface area contributed by atoms with E-state index in [2.05, 4.69) is 15.1 Å². The van der Waals surface area contributed by atoms with E-state index in [1.54, 1.807) is 10.9 Å². The van der Waals surface area contributed by atoms with Crippen LogP contribution in [0.15, 0.2) is 58.4 Å². The monoisotopic (exact) mass is 468 g/mol. The number of hydrogen-bond donors (Lipinski definition) is 0. The fourth-order valence-corrected chi connectivity index (χ4v) is 3.96. The van der Waals surface area contributed by atoms with Gasteiger partial charge in [-0.15, -0.1) is 11.3 Å². The van der Waals surface area contributed by atoms with Gasteiger partial charge in [0.2, 0.25) is 0 Å². The second-order valence-corrected chi connectivity index (χ2v) is 9.25. The van der Waals surface area contributed by atoms with E-state index in [9.17, 15) is 26.0 Å². The van der Waals surface area contributed by atoms with Gasteiger partial charge in [-0.25, -0.2) is 27.5 Å². The summed E-state index contributed by atoms with van der Waals surface area (Å²) in [6.45, 7) is 0. The van der Waals surface area contributed by atoms with Gasteiger partial charge in [0, 0.05) is 29.0 Å². The number of pyridine rings is 1. The van der Waals surface area contributed by atoms with Gasteiger partial charge in [0.15, 0.2) is 21.3 Å². The average Bonchev–Trinajstić information content (AvgIpc) is 3.37. The Morgan fingerprint density at radius 2 is 1.84 bits per heavy atom. The Labute approximate surface area is 177 Å². The van der Waals surface area contributed by atoms with Crippen LogP contribution in [0.2, 0.25) is 0 Å². The third-order valence-corrected chi connectivity index (χ3v) is 6.02. The summed E-state index contributed by atoms with van der Waals surface area (Å²) >= 11 is 1.33. The topological polar surface area (TPSA) is 77.7 Å². The lowest BCUT2D eigenvalue weighted by atomic mass is 10.1. The summed E-state index contributed by atoms with van der Waals surface area (Å²) in [5, 5.41) is 5.25. The summed E-state index contributed by atoms with van der Waals surface area (Å²) in [5.74, 6) is -0.867. The van der Waals surface area contributed by atoms with Gasteiger partial charge >= 0.3 is 6.18 Å². The van der Waals surface area contributed by atoms with Crippen LogP contribution >= 0.6 is 11.3 Å². The molecule has 6 nitrogen and oxygen atoms in total. The number of halogens is 4. The molecule has 0 unspecified atom stereocenters. The Morgan fingerprint density at radius 3 is 2.39 bits per heavy atom. The van der Waals surface area contributed by atoms with Crippen LogP contribution in [-0.2, 0) is 16.0 Å². The molecule has 4 aromatic rings.